The quantitative estimate of drug-likeness (QED) is 0.548. The van der Waals surface area contributed by atoms with Crippen molar-refractivity contribution in [2.45, 2.75) is 26.7 Å². The molecule has 0 N–H and O–H groups in total. The van der Waals surface area contributed by atoms with Crippen molar-refractivity contribution in [3.05, 3.63) is 12.3 Å². The molecule has 0 aromatic carbocycles. The zero-order valence-electron chi connectivity index (χ0n) is 6.59. The van der Waals surface area contributed by atoms with E-state index in [-0.39, 0.29) is 5.78 Å². The first-order chi connectivity index (χ1) is 4.77. The Hall–Kier alpha value is -0.790. The smallest absolute Gasteiger partial charge is 0.130 e. The molecular weight excluding hydrogens is 128 g/mol. The van der Waals surface area contributed by atoms with Crippen molar-refractivity contribution in [1.82, 2.24) is 0 Å². The lowest BCUT2D eigenvalue weighted by molar-refractivity contribution is -0.116. The van der Waals surface area contributed by atoms with Crippen LogP contribution in [0.2, 0.25) is 0 Å². The van der Waals surface area contributed by atoms with Gasteiger partial charge in [-0.1, -0.05) is 0 Å². The summed E-state index contributed by atoms with van der Waals surface area (Å²) in [6.07, 6.45) is 4.91. The summed E-state index contributed by atoms with van der Waals surface area (Å²) in [5.74, 6) is 0.223. The molecule has 0 radical (unpaired) electrons. The zero-order valence-corrected chi connectivity index (χ0v) is 6.59. The molecule has 0 saturated heterocycles. The Morgan fingerprint density at radius 2 is 2.30 bits per heavy atom. The largest absolute Gasteiger partial charge is 0.502 e. The molecule has 0 unspecified atom stereocenters. The monoisotopic (exact) mass is 142 g/mol. The molecule has 2 heteroatoms. The third-order valence-corrected chi connectivity index (χ3v) is 1.02. The Morgan fingerprint density at radius 1 is 1.60 bits per heavy atom. The summed E-state index contributed by atoms with van der Waals surface area (Å²) < 4.78 is 4.92. The summed E-state index contributed by atoms with van der Waals surface area (Å²) in [7, 11) is 0. The molecule has 0 fully saturated rings. The minimum atomic E-state index is 0.223. The van der Waals surface area contributed by atoms with E-state index in [4.69, 9.17) is 4.74 Å². The van der Waals surface area contributed by atoms with Crippen molar-refractivity contribution >= 4 is 5.78 Å². The van der Waals surface area contributed by atoms with Crippen molar-refractivity contribution in [2.75, 3.05) is 6.61 Å². The molecule has 0 rings (SSSR count). The lowest BCUT2D eigenvalue weighted by Gasteiger charge is -1.91. The van der Waals surface area contributed by atoms with Crippen LogP contribution in [0.15, 0.2) is 12.3 Å². The van der Waals surface area contributed by atoms with Crippen LogP contribution in [0.4, 0.5) is 0 Å². The lowest BCUT2D eigenvalue weighted by Crippen LogP contribution is -1.86. The van der Waals surface area contributed by atoms with E-state index in [1.165, 1.54) is 0 Å². The highest BCUT2D eigenvalue weighted by atomic mass is 16.5. The molecule has 0 bridgehead atoms. The molecule has 10 heavy (non-hydrogen) atoms. The highest BCUT2D eigenvalue weighted by Crippen LogP contribution is 1.91. The minimum absolute atomic E-state index is 0.223. The van der Waals surface area contributed by atoms with Crippen LogP contribution in [0.1, 0.15) is 26.7 Å². The molecule has 0 aliphatic heterocycles. The molecule has 58 valence electrons. The summed E-state index contributed by atoms with van der Waals surface area (Å²) >= 11 is 0. The first-order valence-electron chi connectivity index (χ1n) is 3.53. The summed E-state index contributed by atoms with van der Waals surface area (Å²) in [4.78, 5) is 10.4. The molecular formula is C8H14O2. The van der Waals surface area contributed by atoms with E-state index >= 15 is 0 Å². The minimum Gasteiger partial charge on any atom is -0.502 e. The summed E-state index contributed by atoms with van der Waals surface area (Å²) in [5.41, 5.74) is 0. The first kappa shape index (κ1) is 9.21. The fourth-order valence-corrected chi connectivity index (χ4v) is 0.519. The van der Waals surface area contributed by atoms with Crippen molar-refractivity contribution in [3.63, 3.8) is 0 Å². The Morgan fingerprint density at radius 3 is 2.80 bits per heavy atom. The number of hydrogen-bond donors (Lipinski definition) is 0. The molecule has 0 aromatic heterocycles. The third-order valence-electron chi connectivity index (χ3n) is 1.02. The van der Waals surface area contributed by atoms with Gasteiger partial charge in [0.15, 0.2) is 0 Å². The van der Waals surface area contributed by atoms with Gasteiger partial charge in [0.2, 0.25) is 0 Å². The second-order valence-corrected chi connectivity index (χ2v) is 2.07. The van der Waals surface area contributed by atoms with Gasteiger partial charge in [-0.2, -0.15) is 0 Å². The van der Waals surface area contributed by atoms with Crippen LogP contribution >= 0.6 is 0 Å². The van der Waals surface area contributed by atoms with E-state index in [0.29, 0.717) is 13.0 Å². The number of carbonyl (C=O) groups excluding carboxylic acids is 1. The van der Waals surface area contributed by atoms with E-state index in [1.54, 1.807) is 13.2 Å². The van der Waals surface area contributed by atoms with Crippen LogP contribution in [0, 0.1) is 0 Å². The lowest BCUT2D eigenvalue weighted by atomic mass is 10.2. The van der Waals surface area contributed by atoms with Gasteiger partial charge >= 0.3 is 0 Å². The number of rotatable bonds is 5. The van der Waals surface area contributed by atoms with Crippen LogP contribution in [0.25, 0.3) is 0 Å². The van der Waals surface area contributed by atoms with Crippen LogP contribution < -0.4 is 0 Å². The normalized spacial score (nSPS) is 10.2. The SMILES string of the molecule is CCO/C=C\CCC(C)=O. The summed E-state index contributed by atoms with van der Waals surface area (Å²) in [5, 5.41) is 0. The highest BCUT2D eigenvalue weighted by molar-refractivity contribution is 5.75. The Bertz CT molecular complexity index is 116. The van der Waals surface area contributed by atoms with Crippen LogP contribution in [-0.4, -0.2) is 12.4 Å². The van der Waals surface area contributed by atoms with Crippen molar-refractivity contribution < 1.29 is 9.53 Å². The average molecular weight is 142 g/mol. The molecule has 0 aliphatic rings. The van der Waals surface area contributed by atoms with Gasteiger partial charge in [-0.3, -0.25) is 0 Å². The first-order valence-corrected chi connectivity index (χ1v) is 3.53. The highest BCUT2D eigenvalue weighted by Gasteiger charge is 1.87. The molecule has 0 saturated carbocycles. The van der Waals surface area contributed by atoms with Gasteiger partial charge in [0.05, 0.1) is 12.9 Å². The molecule has 0 amide bonds. The molecule has 0 heterocycles. The number of ether oxygens (including phenoxy) is 1. The van der Waals surface area contributed by atoms with E-state index < -0.39 is 0 Å². The maximum Gasteiger partial charge on any atom is 0.130 e. The Balaban J connectivity index is 3.10. The van der Waals surface area contributed by atoms with Gasteiger partial charge in [0.1, 0.15) is 5.78 Å². The molecule has 0 aliphatic carbocycles. The zero-order chi connectivity index (χ0) is 7.82. The second-order valence-electron chi connectivity index (χ2n) is 2.07. The number of Topliss-reactive ketones (excluding diaryl/α,β-unsaturated/α-hetero) is 1. The Kier molecular flexibility index (Phi) is 5.83. The molecule has 0 atom stereocenters. The average Bonchev–Trinajstić information content (AvgIpc) is 1.87. The second kappa shape index (κ2) is 6.33. The van der Waals surface area contributed by atoms with Crippen molar-refractivity contribution in [1.29, 1.82) is 0 Å². The fraction of sp³-hybridized carbons (Fsp3) is 0.625. The Labute approximate surface area is 61.9 Å². The topological polar surface area (TPSA) is 26.3 Å². The number of allylic oxidation sites excluding steroid dienone is 1. The predicted octanol–water partition coefficient (Wildman–Crippen LogP) is 1.91. The predicted molar refractivity (Wildman–Crippen MR) is 40.7 cm³/mol. The fourth-order valence-electron chi connectivity index (χ4n) is 0.519. The van der Waals surface area contributed by atoms with Gasteiger partial charge in [0.25, 0.3) is 0 Å². The molecule has 0 aromatic rings. The van der Waals surface area contributed by atoms with E-state index in [9.17, 15) is 4.79 Å². The third kappa shape index (κ3) is 7.21. The van der Waals surface area contributed by atoms with Gasteiger partial charge in [-0.25, -0.2) is 0 Å². The van der Waals surface area contributed by atoms with Gasteiger partial charge in [-0.05, 0) is 26.3 Å². The maximum absolute atomic E-state index is 10.4. The van der Waals surface area contributed by atoms with Crippen molar-refractivity contribution in [2.24, 2.45) is 0 Å². The summed E-state index contributed by atoms with van der Waals surface area (Å²) in [6, 6.07) is 0. The van der Waals surface area contributed by atoms with E-state index in [1.807, 2.05) is 13.0 Å². The number of ketones is 1. The molecule has 2 nitrogen and oxygen atoms in total. The number of carbonyl (C=O) groups is 1. The van der Waals surface area contributed by atoms with E-state index in [0.717, 1.165) is 6.42 Å². The van der Waals surface area contributed by atoms with Crippen LogP contribution in [0.5, 0.6) is 0 Å². The van der Waals surface area contributed by atoms with Crippen molar-refractivity contribution in [3.8, 4) is 0 Å². The van der Waals surface area contributed by atoms with Gasteiger partial charge < -0.3 is 9.53 Å². The van der Waals surface area contributed by atoms with Gasteiger partial charge in [-0.15, -0.1) is 0 Å². The van der Waals surface area contributed by atoms with Gasteiger partial charge in [0, 0.05) is 6.42 Å². The van der Waals surface area contributed by atoms with E-state index in [2.05, 4.69) is 0 Å². The number of hydrogen-bond acceptors (Lipinski definition) is 2. The van der Waals surface area contributed by atoms with Crippen LogP contribution in [0.3, 0.4) is 0 Å². The summed E-state index contributed by atoms with van der Waals surface area (Å²) in [6.45, 7) is 4.21. The maximum atomic E-state index is 10.4. The standard InChI is InChI=1S/C8H14O2/c1-3-10-7-5-4-6-8(2)9/h5,7H,3-4,6H2,1-2H3/b7-5-. The van der Waals surface area contributed by atoms with Crippen LogP contribution in [-0.2, 0) is 9.53 Å². The molecule has 0 spiro atoms.